The fraction of sp³-hybridized carbons (Fsp3) is 0.353. The highest BCUT2D eigenvalue weighted by Gasteiger charge is 2.34. The molecule has 0 spiro atoms. The zero-order valence-corrected chi connectivity index (χ0v) is 12.6. The van der Waals surface area contributed by atoms with Gasteiger partial charge in [0.2, 0.25) is 5.91 Å². The first-order valence-electron chi connectivity index (χ1n) is 7.28. The Labute approximate surface area is 128 Å². The number of carbonyl (C=O) groups is 1. The molecule has 1 saturated carbocycles. The van der Waals surface area contributed by atoms with Gasteiger partial charge in [0.1, 0.15) is 6.10 Å². The van der Waals surface area contributed by atoms with Gasteiger partial charge in [-0.05, 0) is 29.9 Å². The van der Waals surface area contributed by atoms with E-state index in [2.05, 4.69) is 0 Å². The molecule has 0 saturated heterocycles. The molecule has 1 heterocycles. The second-order valence-corrected chi connectivity index (χ2v) is 6.49. The van der Waals surface area contributed by atoms with Crippen LogP contribution >= 0.6 is 11.3 Å². The van der Waals surface area contributed by atoms with E-state index in [4.69, 9.17) is 0 Å². The number of nitrogens with zero attached hydrogens (tertiary/aromatic N) is 1. The standard InChI is InChI=1S/C17H19NO2S/c19-15(16-7-4-10-21-16)12-18(17(20)14-8-9-14)11-13-5-2-1-3-6-13/h1-7,10,14-15,19H,8-9,11-12H2. The topological polar surface area (TPSA) is 40.5 Å². The van der Waals surface area contributed by atoms with E-state index in [0.717, 1.165) is 23.3 Å². The molecule has 3 nitrogen and oxygen atoms in total. The lowest BCUT2D eigenvalue weighted by molar-refractivity contribution is -0.134. The molecule has 1 aliphatic rings. The van der Waals surface area contributed by atoms with Crippen LogP contribution in [0.25, 0.3) is 0 Å². The van der Waals surface area contributed by atoms with Crippen LogP contribution in [0, 0.1) is 5.92 Å². The third-order valence-electron chi connectivity index (χ3n) is 3.72. The number of thiophene rings is 1. The molecule has 1 N–H and O–H groups in total. The van der Waals surface area contributed by atoms with E-state index in [1.807, 2.05) is 47.8 Å². The molecule has 0 radical (unpaired) electrons. The van der Waals surface area contributed by atoms with Crippen LogP contribution in [0.1, 0.15) is 29.4 Å². The number of aliphatic hydroxyl groups is 1. The van der Waals surface area contributed by atoms with Crippen molar-refractivity contribution in [2.75, 3.05) is 6.54 Å². The average Bonchev–Trinajstić information content (AvgIpc) is 3.21. The van der Waals surface area contributed by atoms with E-state index in [1.54, 1.807) is 4.90 Å². The molecular weight excluding hydrogens is 282 g/mol. The number of aliphatic hydroxyl groups excluding tert-OH is 1. The summed E-state index contributed by atoms with van der Waals surface area (Å²) >= 11 is 1.53. The predicted octanol–water partition coefficient (Wildman–Crippen LogP) is 3.22. The minimum atomic E-state index is -0.601. The zero-order valence-electron chi connectivity index (χ0n) is 11.8. The van der Waals surface area contributed by atoms with Crippen molar-refractivity contribution in [1.29, 1.82) is 0 Å². The smallest absolute Gasteiger partial charge is 0.226 e. The van der Waals surface area contributed by atoms with Gasteiger partial charge in [-0.2, -0.15) is 0 Å². The highest BCUT2D eigenvalue weighted by molar-refractivity contribution is 7.10. The summed E-state index contributed by atoms with van der Waals surface area (Å²) in [5.41, 5.74) is 1.10. The monoisotopic (exact) mass is 301 g/mol. The van der Waals surface area contributed by atoms with E-state index < -0.39 is 6.10 Å². The Bertz CT molecular complexity index is 578. The zero-order chi connectivity index (χ0) is 14.7. The molecule has 1 amide bonds. The molecule has 110 valence electrons. The molecule has 4 heteroatoms. The molecule has 1 aliphatic carbocycles. The summed E-state index contributed by atoms with van der Waals surface area (Å²) in [6.45, 7) is 0.934. The Hall–Kier alpha value is -1.65. The van der Waals surface area contributed by atoms with Gasteiger partial charge in [-0.25, -0.2) is 0 Å². The van der Waals surface area contributed by atoms with Crippen LogP contribution in [0.15, 0.2) is 47.8 Å². The number of rotatable bonds is 6. The van der Waals surface area contributed by atoms with Crippen molar-refractivity contribution < 1.29 is 9.90 Å². The number of carbonyl (C=O) groups excluding carboxylic acids is 1. The summed E-state index contributed by atoms with van der Waals surface area (Å²) in [4.78, 5) is 15.1. The minimum absolute atomic E-state index is 0.171. The number of hydrogen-bond acceptors (Lipinski definition) is 3. The van der Waals surface area contributed by atoms with Crippen LogP contribution in [0.5, 0.6) is 0 Å². The molecule has 21 heavy (non-hydrogen) atoms. The van der Waals surface area contributed by atoms with E-state index >= 15 is 0 Å². The second kappa shape index (κ2) is 6.41. The molecule has 1 atom stereocenters. The Morgan fingerprint density at radius 1 is 1.24 bits per heavy atom. The third-order valence-corrected chi connectivity index (χ3v) is 4.69. The van der Waals surface area contributed by atoms with Gasteiger partial charge in [0.15, 0.2) is 0 Å². The maximum Gasteiger partial charge on any atom is 0.226 e. The summed E-state index contributed by atoms with van der Waals surface area (Å²) < 4.78 is 0. The van der Waals surface area contributed by atoms with Crippen LogP contribution in [0.4, 0.5) is 0 Å². The van der Waals surface area contributed by atoms with E-state index in [1.165, 1.54) is 11.3 Å². The fourth-order valence-corrected chi connectivity index (χ4v) is 3.11. The summed E-state index contributed by atoms with van der Waals surface area (Å²) in [7, 11) is 0. The first-order chi connectivity index (χ1) is 10.2. The SMILES string of the molecule is O=C(C1CC1)N(Cc1ccccc1)CC(O)c1cccs1. The van der Waals surface area contributed by atoms with Crippen molar-refractivity contribution in [2.45, 2.75) is 25.5 Å². The van der Waals surface area contributed by atoms with Gasteiger partial charge in [-0.3, -0.25) is 4.79 Å². The molecule has 1 aromatic heterocycles. The van der Waals surface area contributed by atoms with Gasteiger partial charge in [-0.15, -0.1) is 11.3 Å². The van der Waals surface area contributed by atoms with Crippen LogP contribution in [-0.4, -0.2) is 22.5 Å². The van der Waals surface area contributed by atoms with Crippen LogP contribution in [0.3, 0.4) is 0 Å². The normalized spacial score (nSPS) is 15.7. The molecule has 3 rings (SSSR count). The minimum Gasteiger partial charge on any atom is -0.386 e. The molecule has 0 bridgehead atoms. The predicted molar refractivity (Wildman–Crippen MR) is 83.9 cm³/mol. The molecular formula is C17H19NO2S. The maximum absolute atomic E-state index is 12.4. The maximum atomic E-state index is 12.4. The average molecular weight is 301 g/mol. The fourth-order valence-electron chi connectivity index (χ4n) is 2.40. The van der Waals surface area contributed by atoms with E-state index in [9.17, 15) is 9.90 Å². The molecule has 1 unspecified atom stereocenters. The van der Waals surface area contributed by atoms with Crippen molar-refractivity contribution in [1.82, 2.24) is 4.90 Å². The van der Waals surface area contributed by atoms with Crippen LogP contribution < -0.4 is 0 Å². The Kier molecular flexibility index (Phi) is 4.36. The van der Waals surface area contributed by atoms with E-state index in [-0.39, 0.29) is 11.8 Å². The first-order valence-corrected chi connectivity index (χ1v) is 8.16. The van der Waals surface area contributed by atoms with Gasteiger partial charge >= 0.3 is 0 Å². The lowest BCUT2D eigenvalue weighted by atomic mass is 10.1. The summed E-state index contributed by atoms with van der Waals surface area (Å²) in [5.74, 6) is 0.346. The van der Waals surface area contributed by atoms with Crippen LogP contribution in [-0.2, 0) is 11.3 Å². The van der Waals surface area contributed by atoms with Gasteiger partial charge in [0.05, 0.1) is 6.54 Å². The highest BCUT2D eigenvalue weighted by Crippen LogP contribution is 2.32. The number of amides is 1. The first kappa shape index (κ1) is 14.3. The van der Waals surface area contributed by atoms with Gasteiger partial charge in [0, 0.05) is 17.3 Å². The molecule has 0 aliphatic heterocycles. The molecule has 1 aromatic carbocycles. The second-order valence-electron chi connectivity index (χ2n) is 5.51. The van der Waals surface area contributed by atoms with Crippen molar-refractivity contribution >= 4 is 17.2 Å². The molecule has 2 aromatic rings. The quantitative estimate of drug-likeness (QED) is 0.890. The number of hydrogen-bond donors (Lipinski definition) is 1. The Balaban J connectivity index is 1.71. The van der Waals surface area contributed by atoms with E-state index in [0.29, 0.717) is 13.1 Å². The lowest BCUT2D eigenvalue weighted by Crippen LogP contribution is -2.35. The summed E-state index contributed by atoms with van der Waals surface area (Å²) in [5, 5.41) is 12.3. The largest absolute Gasteiger partial charge is 0.386 e. The van der Waals surface area contributed by atoms with Crippen molar-refractivity contribution in [3.63, 3.8) is 0 Å². The van der Waals surface area contributed by atoms with Gasteiger partial charge < -0.3 is 10.0 Å². The Morgan fingerprint density at radius 3 is 2.62 bits per heavy atom. The third kappa shape index (κ3) is 3.71. The lowest BCUT2D eigenvalue weighted by Gasteiger charge is -2.25. The van der Waals surface area contributed by atoms with Crippen LogP contribution in [0.2, 0.25) is 0 Å². The molecule has 1 fully saturated rings. The Morgan fingerprint density at radius 2 is 2.00 bits per heavy atom. The van der Waals surface area contributed by atoms with Crippen molar-refractivity contribution in [2.24, 2.45) is 5.92 Å². The van der Waals surface area contributed by atoms with Gasteiger partial charge in [0.25, 0.3) is 0 Å². The number of benzene rings is 1. The summed E-state index contributed by atoms with van der Waals surface area (Å²) in [6.07, 6.45) is 1.37. The van der Waals surface area contributed by atoms with Gasteiger partial charge in [-0.1, -0.05) is 36.4 Å². The summed E-state index contributed by atoms with van der Waals surface area (Å²) in [6, 6.07) is 13.8. The van der Waals surface area contributed by atoms with Crippen molar-refractivity contribution in [3.05, 3.63) is 58.3 Å². The van der Waals surface area contributed by atoms with Crippen molar-refractivity contribution in [3.8, 4) is 0 Å². The highest BCUT2D eigenvalue weighted by atomic mass is 32.1.